The van der Waals surface area contributed by atoms with Gasteiger partial charge in [0.25, 0.3) is 0 Å². The molecule has 2 aliphatic rings. The monoisotopic (exact) mass is 384 g/mol. The Kier molecular flexibility index (Phi) is 6.32. The van der Waals surface area contributed by atoms with Crippen LogP contribution in [-0.2, 0) is 0 Å². The maximum atomic E-state index is 3.87. The van der Waals surface area contributed by atoms with E-state index in [0.29, 0.717) is 35.8 Å². The van der Waals surface area contributed by atoms with Gasteiger partial charge in [-0.05, 0) is 88.2 Å². The highest BCUT2D eigenvalue weighted by Crippen LogP contribution is 2.40. The van der Waals surface area contributed by atoms with Gasteiger partial charge < -0.3 is 10.6 Å². The molecular weight excluding hydrogens is 340 g/mol. The molecule has 28 heavy (non-hydrogen) atoms. The predicted octanol–water partition coefficient (Wildman–Crippen LogP) is 6.23. The van der Waals surface area contributed by atoms with Crippen molar-refractivity contribution in [3.8, 4) is 0 Å². The van der Waals surface area contributed by atoms with Crippen molar-refractivity contribution < 1.29 is 0 Å². The summed E-state index contributed by atoms with van der Waals surface area (Å²) < 4.78 is 0. The first-order valence-electron chi connectivity index (χ1n) is 11.6. The predicted molar refractivity (Wildman–Crippen MR) is 122 cm³/mol. The fraction of sp³-hybridized carbons (Fsp3) is 0.769. The molecule has 3 rings (SSSR count). The summed E-state index contributed by atoms with van der Waals surface area (Å²) in [7, 11) is 0. The van der Waals surface area contributed by atoms with E-state index in [9.17, 15) is 0 Å². The molecule has 4 unspecified atom stereocenters. The summed E-state index contributed by atoms with van der Waals surface area (Å²) in [6, 6.07) is 11.0. The Labute approximate surface area is 174 Å². The maximum Gasteiger partial charge on any atom is 0.0133 e. The summed E-state index contributed by atoms with van der Waals surface area (Å²) in [5.41, 5.74) is 3.52. The molecule has 0 saturated carbocycles. The first kappa shape index (κ1) is 21.8. The van der Waals surface area contributed by atoms with E-state index in [4.69, 9.17) is 0 Å². The van der Waals surface area contributed by atoms with Crippen LogP contribution in [0, 0.1) is 11.8 Å². The van der Waals surface area contributed by atoms with Crippen LogP contribution in [0.2, 0.25) is 0 Å². The van der Waals surface area contributed by atoms with E-state index in [-0.39, 0.29) is 11.1 Å². The lowest BCUT2D eigenvalue weighted by Gasteiger charge is -2.44. The van der Waals surface area contributed by atoms with Crippen molar-refractivity contribution in [1.82, 2.24) is 10.6 Å². The molecule has 2 heteroatoms. The minimum absolute atomic E-state index is 0.222. The lowest BCUT2D eigenvalue weighted by molar-refractivity contribution is 0.185. The third-order valence-corrected chi connectivity index (χ3v) is 7.23. The Balaban J connectivity index is 1.76. The van der Waals surface area contributed by atoms with Gasteiger partial charge >= 0.3 is 0 Å². The normalized spacial score (nSPS) is 32.6. The van der Waals surface area contributed by atoms with Crippen LogP contribution < -0.4 is 10.6 Å². The molecule has 2 N–H and O–H groups in total. The van der Waals surface area contributed by atoms with Crippen LogP contribution in [0.3, 0.4) is 0 Å². The number of nitrogens with one attached hydrogen (secondary N) is 2. The average molecular weight is 385 g/mol. The minimum Gasteiger partial charge on any atom is -0.309 e. The van der Waals surface area contributed by atoms with Gasteiger partial charge in [0, 0.05) is 23.2 Å². The molecule has 0 radical (unpaired) electrons. The lowest BCUT2D eigenvalue weighted by atomic mass is 9.73. The van der Waals surface area contributed by atoms with E-state index in [0.717, 1.165) is 0 Å². The van der Waals surface area contributed by atoms with Crippen LogP contribution >= 0.6 is 0 Å². The maximum absolute atomic E-state index is 3.87. The molecule has 0 amide bonds. The highest BCUT2D eigenvalue weighted by molar-refractivity contribution is 5.30. The zero-order valence-corrected chi connectivity index (χ0v) is 19.6. The highest BCUT2D eigenvalue weighted by Gasteiger charge is 2.36. The third-order valence-electron chi connectivity index (χ3n) is 7.23. The van der Waals surface area contributed by atoms with Crippen LogP contribution in [0.5, 0.6) is 0 Å². The number of rotatable bonds is 4. The number of hydrogen-bond donors (Lipinski definition) is 2. The molecule has 2 nitrogen and oxygen atoms in total. The smallest absolute Gasteiger partial charge is 0.0133 e. The second kappa shape index (κ2) is 8.11. The Hall–Kier alpha value is -0.860. The van der Waals surface area contributed by atoms with E-state index in [1.807, 2.05) is 0 Å². The first-order valence-corrected chi connectivity index (χ1v) is 11.6. The summed E-state index contributed by atoms with van der Waals surface area (Å²) in [5.74, 6) is 2.72. The van der Waals surface area contributed by atoms with Crippen molar-refractivity contribution in [3.05, 3.63) is 35.4 Å². The molecule has 1 aromatic carbocycles. The van der Waals surface area contributed by atoms with Crippen molar-refractivity contribution in [2.24, 2.45) is 11.8 Å². The van der Waals surface area contributed by atoms with Gasteiger partial charge in [-0.25, -0.2) is 0 Å². The van der Waals surface area contributed by atoms with Gasteiger partial charge in [-0.2, -0.15) is 0 Å². The van der Waals surface area contributed by atoms with Gasteiger partial charge in [0.05, 0.1) is 0 Å². The van der Waals surface area contributed by atoms with Crippen molar-refractivity contribution in [2.45, 2.75) is 116 Å². The molecule has 0 aromatic heterocycles. The second-order valence-corrected chi connectivity index (χ2v) is 11.7. The molecule has 1 aromatic rings. The molecule has 4 atom stereocenters. The summed E-state index contributed by atoms with van der Waals surface area (Å²) in [6.45, 7) is 18.9. The molecule has 158 valence electrons. The number of benzene rings is 1. The minimum atomic E-state index is 0.222. The van der Waals surface area contributed by atoms with Crippen LogP contribution in [0.25, 0.3) is 0 Å². The second-order valence-electron chi connectivity index (χ2n) is 11.7. The highest BCUT2D eigenvalue weighted by atomic mass is 15.0. The van der Waals surface area contributed by atoms with Gasteiger partial charge in [0.1, 0.15) is 0 Å². The molecule has 2 fully saturated rings. The number of piperidine rings is 2. The summed E-state index contributed by atoms with van der Waals surface area (Å²) in [6.07, 6.45) is 4.98. The van der Waals surface area contributed by atoms with Crippen molar-refractivity contribution in [3.63, 3.8) is 0 Å². The van der Waals surface area contributed by atoms with Gasteiger partial charge in [-0.1, -0.05) is 52.0 Å². The van der Waals surface area contributed by atoms with E-state index < -0.39 is 0 Å². The first-order chi connectivity index (χ1) is 13.0. The molecule has 2 aliphatic heterocycles. The Morgan fingerprint density at radius 3 is 1.29 bits per heavy atom. The Morgan fingerprint density at radius 1 is 0.679 bits per heavy atom. The quantitative estimate of drug-likeness (QED) is 0.643. The zero-order valence-electron chi connectivity index (χ0n) is 19.6. The third kappa shape index (κ3) is 5.19. The molecule has 2 saturated heterocycles. The molecule has 0 bridgehead atoms. The van der Waals surface area contributed by atoms with E-state index in [1.165, 1.54) is 36.8 Å². The van der Waals surface area contributed by atoms with E-state index in [2.05, 4.69) is 90.3 Å². The largest absolute Gasteiger partial charge is 0.309 e. The SMILES string of the molecule is CC(C)C1CC(c2ccc(C3CC(C(C)C)NC(C)(C)C3)cc2)CC(C)(C)N1. The van der Waals surface area contributed by atoms with Crippen molar-refractivity contribution >= 4 is 0 Å². The van der Waals surface area contributed by atoms with Gasteiger partial charge in [0.2, 0.25) is 0 Å². The standard InChI is InChI=1S/C26H44N2/c1-17(2)23-13-21(15-25(5,6)27-23)19-9-11-20(12-10-19)22-14-24(18(3)4)28-26(7,8)16-22/h9-12,17-18,21-24,27-28H,13-16H2,1-8H3. The fourth-order valence-corrected chi connectivity index (χ4v) is 5.68. The summed E-state index contributed by atoms with van der Waals surface area (Å²) in [4.78, 5) is 0. The molecule has 2 heterocycles. The van der Waals surface area contributed by atoms with Gasteiger partial charge in [-0.3, -0.25) is 0 Å². The van der Waals surface area contributed by atoms with Crippen LogP contribution in [0.15, 0.2) is 24.3 Å². The summed E-state index contributed by atoms with van der Waals surface area (Å²) >= 11 is 0. The Morgan fingerprint density at radius 2 is 1.00 bits per heavy atom. The van der Waals surface area contributed by atoms with Gasteiger partial charge in [0.15, 0.2) is 0 Å². The fourth-order valence-electron chi connectivity index (χ4n) is 5.68. The van der Waals surface area contributed by atoms with Crippen molar-refractivity contribution in [2.75, 3.05) is 0 Å². The van der Waals surface area contributed by atoms with Gasteiger partial charge in [-0.15, -0.1) is 0 Å². The van der Waals surface area contributed by atoms with E-state index >= 15 is 0 Å². The van der Waals surface area contributed by atoms with Crippen LogP contribution in [-0.4, -0.2) is 23.2 Å². The van der Waals surface area contributed by atoms with Crippen LogP contribution in [0.4, 0.5) is 0 Å². The summed E-state index contributed by atoms with van der Waals surface area (Å²) in [5, 5.41) is 7.74. The molecule has 0 aliphatic carbocycles. The molecule has 0 spiro atoms. The average Bonchev–Trinajstić information content (AvgIpc) is 2.59. The van der Waals surface area contributed by atoms with E-state index in [1.54, 1.807) is 0 Å². The lowest BCUT2D eigenvalue weighted by Crippen LogP contribution is -2.53. The number of hydrogen-bond acceptors (Lipinski definition) is 2. The molecular formula is C26H44N2. The Bertz CT molecular complexity index is 584. The zero-order chi connectivity index (χ0) is 20.7. The van der Waals surface area contributed by atoms with Crippen molar-refractivity contribution in [1.29, 1.82) is 0 Å². The van der Waals surface area contributed by atoms with Crippen LogP contribution in [0.1, 0.15) is 104 Å². The topological polar surface area (TPSA) is 24.1 Å².